The molecule has 1 heterocycles. The molecule has 3 N–H and O–H groups in total. The van der Waals surface area contributed by atoms with Crippen molar-refractivity contribution in [2.24, 2.45) is 0 Å². The lowest BCUT2D eigenvalue weighted by Gasteiger charge is -2.05. The van der Waals surface area contributed by atoms with Crippen LogP contribution in [0.5, 0.6) is 0 Å². The van der Waals surface area contributed by atoms with Crippen molar-refractivity contribution in [1.82, 2.24) is 10.6 Å². The van der Waals surface area contributed by atoms with E-state index < -0.39 is 5.97 Å². The number of carbonyl (C=O) groups excluding carboxylic acids is 2. The van der Waals surface area contributed by atoms with Crippen molar-refractivity contribution in [3.63, 3.8) is 0 Å². The quantitative estimate of drug-likeness (QED) is 0.598. The second-order valence-electron chi connectivity index (χ2n) is 4.22. The third-order valence-corrected chi connectivity index (χ3v) is 3.22. The summed E-state index contributed by atoms with van der Waals surface area (Å²) in [6.45, 7) is 0.809. The summed E-state index contributed by atoms with van der Waals surface area (Å²) < 4.78 is 0. The van der Waals surface area contributed by atoms with Gasteiger partial charge in [-0.05, 0) is 24.3 Å². The lowest BCUT2D eigenvalue weighted by atomic mass is 10.2. The van der Waals surface area contributed by atoms with Gasteiger partial charge in [0.1, 0.15) is 0 Å². The standard InChI is InChI=1S/C13H18N2O4S/c16-11(14-6-2-4-12(17)18)3-1-7-15-13(19)10-5-8-20-9-10/h5,8-9H,1-4,6-7H2,(H,14,16)(H,15,19)(H,17,18). The fraction of sp³-hybridized carbons (Fsp3) is 0.462. The number of thiophene rings is 1. The van der Waals surface area contributed by atoms with E-state index in [1.807, 2.05) is 5.38 Å². The van der Waals surface area contributed by atoms with Crippen LogP contribution in [0.1, 0.15) is 36.0 Å². The first-order valence-corrected chi connectivity index (χ1v) is 7.33. The van der Waals surface area contributed by atoms with Gasteiger partial charge >= 0.3 is 5.97 Å². The molecule has 0 aliphatic rings. The fourth-order valence-electron chi connectivity index (χ4n) is 1.50. The van der Waals surface area contributed by atoms with Crippen LogP contribution >= 0.6 is 11.3 Å². The Morgan fingerprint density at radius 1 is 1.10 bits per heavy atom. The zero-order valence-electron chi connectivity index (χ0n) is 11.1. The lowest BCUT2D eigenvalue weighted by molar-refractivity contribution is -0.137. The highest BCUT2D eigenvalue weighted by Gasteiger charge is 2.05. The SMILES string of the molecule is O=C(O)CCCNC(=O)CCCNC(=O)c1ccsc1. The predicted molar refractivity (Wildman–Crippen MR) is 75.8 cm³/mol. The number of hydrogen-bond donors (Lipinski definition) is 3. The molecule has 0 saturated carbocycles. The summed E-state index contributed by atoms with van der Waals surface area (Å²) in [5.74, 6) is -1.12. The molecule has 0 atom stereocenters. The van der Waals surface area contributed by atoms with Gasteiger partial charge in [0, 0.05) is 36.9 Å². The van der Waals surface area contributed by atoms with E-state index in [2.05, 4.69) is 10.6 Å². The van der Waals surface area contributed by atoms with E-state index >= 15 is 0 Å². The van der Waals surface area contributed by atoms with E-state index in [1.54, 1.807) is 11.4 Å². The maximum absolute atomic E-state index is 11.6. The van der Waals surface area contributed by atoms with Crippen molar-refractivity contribution in [2.45, 2.75) is 25.7 Å². The Morgan fingerprint density at radius 2 is 1.80 bits per heavy atom. The summed E-state index contributed by atoms with van der Waals surface area (Å²) >= 11 is 1.46. The van der Waals surface area contributed by atoms with Gasteiger partial charge in [0.2, 0.25) is 5.91 Å². The zero-order chi connectivity index (χ0) is 14.8. The van der Waals surface area contributed by atoms with Gasteiger partial charge in [-0.3, -0.25) is 14.4 Å². The van der Waals surface area contributed by atoms with Crippen LogP contribution in [0.15, 0.2) is 16.8 Å². The molecule has 0 bridgehead atoms. The predicted octanol–water partition coefficient (Wildman–Crippen LogP) is 1.24. The Hall–Kier alpha value is -1.89. The molecule has 6 nitrogen and oxygen atoms in total. The van der Waals surface area contributed by atoms with Gasteiger partial charge in [-0.2, -0.15) is 11.3 Å². The lowest BCUT2D eigenvalue weighted by Crippen LogP contribution is -2.28. The molecule has 7 heteroatoms. The van der Waals surface area contributed by atoms with E-state index in [0.717, 1.165) is 0 Å². The minimum atomic E-state index is -0.865. The molecule has 110 valence electrons. The molecule has 2 amide bonds. The second-order valence-corrected chi connectivity index (χ2v) is 5.00. The first kappa shape index (κ1) is 16.2. The van der Waals surface area contributed by atoms with E-state index in [0.29, 0.717) is 37.9 Å². The van der Waals surface area contributed by atoms with Gasteiger partial charge < -0.3 is 15.7 Å². The molecular formula is C13H18N2O4S. The number of carboxylic acids is 1. The van der Waals surface area contributed by atoms with Gasteiger partial charge in [0.25, 0.3) is 5.91 Å². The molecule has 1 rings (SSSR count). The van der Waals surface area contributed by atoms with Crippen molar-refractivity contribution in [1.29, 1.82) is 0 Å². The van der Waals surface area contributed by atoms with Crippen LogP contribution < -0.4 is 10.6 Å². The van der Waals surface area contributed by atoms with Gasteiger partial charge in [-0.1, -0.05) is 0 Å². The third-order valence-electron chi connectivity index (χ3n) is 2.54. The average Bonchev–Trinajstić information content (AvgIpc) is 2.93. The highest BCUT2D eigenvalue weighted by atomic mass is 32.1. The molecule has 0 aliphatic carbocycles. The largest absolute Gasteiger partial charge is 0.481 e. The Balaban J connectivity index is 2.02. The van der Waals surface area contributed by atoms with Gasteiger partial charge in [0.05, 0.1) is 0 Å². The van der Waals surface area contributed by atoms with E-state index in [1.165, 1.54) is 11.3 Å². The fourth-order valence-corrected chi connectivity index (χ4v) is 2.14. The summed E-state index contributed by atoms with van der Waals surface area (Å²) in [6, 6.07) is 1.75. The Morgan fingerprint density at radius 3 is 2.45 bits per heavy atom. The van der Waals surface area contributed by atoms with E-state index in [-0.39, 0.29) is 18.2 Å². The van der Waals surface area contributed by atoms with Crippen molar-refractivity contribution >= 4 is 29.1 Å². The van der Waals surface area contributed by atoms with Crippen molar-refractivity contribution in [2.75, 3.05) is 13.1 Å². The Labute approximate surface area is 121 Å². The number of carbonyl (C=O) groups is 3. The topological polar surface area (TPSA) is 95.5 Å². The van der Waals surface area contributed by atoms with Gasteiger partial charge in [0.15, 0.2) is 0 Å². The first-order valence-electron chi connectivity index (χ1n) is 6.38. The normalized spacial score (nSPS) is 10.0. The van der Waals surface area contributed by atoms with Gasteiger partial charge in [-0.25, -0.2) is 0 Å². The molecule has 20 heavy (non-hydrogen) atoms. The monoisotopic (exact) mass is 298 g/mol. The van der Waals surface area contributed by atoms with Crippen LogP contribution in [0.25, 0.3) is 0 Å². The number of aliphatic carboxylic acids is 1. The minimum Gasteiger partial charge on any atom is -0.481 e. The molecule has 0 spiro atoms. The highest BCUT2D eigenvalue weighted by molar-refractivity contribution is 7.08. The molecule has 0 fully saturated rings. The molecule has 0 aromatic carbocycles. The third kappa shape index (κ3) is 6.89. The maximum Gasteiger partial charge on any atom is 0.303 e. The van der Waals surface area contributed by atoms with E-state index in [4.69, 9.17) is 5.11 Å². The van der Waals surface area contributed by atoms with Crippen LogP contribution in [-0.4, -0.2) is 36.0 Å². The Bertz CT molecular complexity index is 445. The highest BCUT2D eigenvalue weighted by Crippen LogP contribution is 2.05. The van der Waals surface area contributed by atoms with Crippen LogP contribution in [0.3, 0.4) is 0 Å². The summed E-state index contributed by atoms with van der Waals surface area (Å²) in [7, 11) is 0. The molecule has 1 aromatic heterocycles. The number of hydrogen-bond acceptors (Lipinski definition) is 4. The molecule has 0 radical (unpaired) electrons. The summed E-state index contributed by atoms with van der Waals surface area (Å²) in [4.78, 5) is 33.2. The molecule has 0 aliphatic heterocycles. The zero-order valence-corrected chi connectivity index (χ0v) is 11.9. The summed E-state index contributed by atoms with van der Waals surface area (Å²) in [6.07, 6.45) is 1.35. The minimum absolute atomic E-state index is 0.0526. The smallest absolute Gasteiger partial charge is 0.303 e. The maximum atomic E-state index is 11.6. The number of amides is 2. The van der Waals surface area contributed by atoms with Gasteiger partial charge in [-0.15, -0.1) is 0 Å². The van der Waals surface area contributed by atoms with E-state index in [9.17, 15) is 14.4 Å². The summed E-state index contributed by atoms with van der Waals surface area (Å²) in [5.41, 5.74) is 0.633. The first-order chi connectivity index (χ1) is 9.59. The average molecular weight is 298 g/mol. The number of nitrogens with one attached hydrogen (secondary N) is 2. The van der Waals surface area contributed by atoms with Crippen molar-refractivity contribution in [3.05, 3.63) is 22.4 Å². The molecule has 1 aromatic rings. The molecular weight excluding hydrogens is 280 g/mol. The Kier molecular flexibility index (Phi) is 7.34. The van der Waals surface area contributed by atoms with Crippen LogP contribution in [0.2, 0.25) is 0 Å². The van der Waals surface area contributed by atoms with Crippen LogP contribution in [0, 0.1) is 0 Å². The molecule has 0 saturated heterocycles. The van der Waals surface area contributed by atoms with Crippen molar-refractivity contribution in [3.8, 4) is 0 Å². The van der Waals surface area contributed by atoms with Crippen LogP contribution in [-0.2, 0) is 9.59 Å². The van der Waals surface area contributed by atoms with Crippen LogP contribution in [0.4, 0.5) is 0 Å². The summed E-state index contributed by atoms with van der Waals surface area (Å²) in [5, 5.41) is 17.4. The number of rotatable bonds is 9. The second kappa shape index (κ2) is 9.08. The molecule has 0 unspecified atom stereocenters. The number of carboxylic acid groups (broad SMARTS) is 1. The van der Waals surface area contributed by atoms with Crippen molar-refractivity contribution < 1.29 is 19.5 Å².